The molecule has 2 atom stereocenters. The molecule has 3 fully saturated rings. The Kier molecular flexibility index (Phi) is 6.54. The summed E-state index contributed by atoms with van der Waals surface area (Å²) < 4.78 is 5.30. The second-order valence-electron chi connectivity index (χ2n) is 7.61. The number of hydrogen-bond acceptors (Lipinski definition) is 5. The molecule has 4 amide bonds. The van der Waals surface area contributed by atoms with Crippen molar-refractivity contribution in [3.8, 4) is 0 Å². The Hall–Kier alpha value is -1.87. The van der Waals surface area contributed by atoms with Gasteiger partial charge in [0.15, 0.2) is 0 Å². The van der Waals surface area contributed by atoms with Gasteiger partial charge in [0.1, 0.15) is 0 Å². The molecule has 0 aromatic heterocycles. The third-order valence-electron chi connectivity index (χ3n) is 5.91. The van der Waals surface area contributed by atoms with Crippen molar-refractivity contribution in [1.29, 1.82) is 0 Å². The van der Waals surface area contributed by atoms with Crippen LogP contribution in [0.5, 0.6) is 0 Å². The highest BCUT2D eigenvalue weighted by atomic mass is 16.5. The molecule has 27 heavy (non-hydrogen) atoms. The Bertz CT molecular complexity index is 558. The minimum Gasteiger partial charge on any atom is -0.378 e. The summed E-state index contributed by atoms with van der Waals surface area (Å²) in [5, 5.41) is 0. The van der Waals surface area contributed by atoms with Crippen LogP contribution in [0.25, 0.3) is 0 Å². The average molecular weight is 381 g/mol. The van der Waals surface area contributed by atoms with Crippen molar-refractivity contribution < 1.29 is 19.1 Å². The fourth-order valence-electron chi connectivity index (χ4n) is 4.09. The molecule has 2 unspecified atom stereocenters. The van der Waals surface area contributed by atoms with Crippen molar-refractivity contribution in [1.82, 2.24) is 19.6 Å². The van der Waals surface area contributed by atoms with Crippen molar-refractivity contribution in [3.63, 3.8) is 0 Å². The highest BCUT2D eigenvalue weighted by molar-refractivity contribution is 5.83. The van der Waals surface area contributed by atoms with E-state index in [2.05, 4.69) is 4.90 Å². The van der Waals surface area contributed by atoms with Crippen LogP contribution in [-0.2, 0) is 14.3 Å². The Labute approximate surface area is 160 Å². The Morgan fingerprint density at radius 2 is 1.56 bits per heavy atom. The minimum atomic E-state index is -0.324. The summed E-state index contributed by atoms with van der Waals surface area (Å²) in [7, 11) is 0. The fourth-order valence-corrected chi connectivity index (χ4v) is 4.09. The molecule has 0 aliphatic carbocycles. The number of primary amides is 1. The van der Waals surface area contributed by atoms with Gasteiger partial charge < -0.3 is 25.2 Å². The Balaban J connectivity index is 1.49. The quantitative estimate of drug-likeness (QED) is 0.688. The molecule has 9 heteroatoms. The van der Waals surface area contributed by atoms with Crippen LogP contribution in [0.2, 0.25) is 0 Å². The standard InChI is InChI=1S/C18H31N5O4/c1-14(17(25)23-4-2-3-15(13-23)16(19)24)20-5-7-21(8-6-20)18(26)22-9-11-27-12-10-22/h14-15H,2-13H2,1H3,(H2,19,24). The van der Waals surface area contributed by atoms with Crippen molar-refractivity contribution in [3.05, 3.63) is 0 Å². The number of nitrogens with zero attached hydrogens (tertiary/aromatic N) is 4. The van der Waals surface area contributed by atoms with E-state index in [0.29, 0.717) is 65.6 Å². The summed E-state index contributed by atoms with van der Waals surface area (Å²) in [6.45, 7) is 8.10. The first-order chi connectivity index (χ1) is 13.0. The van der Waals surface area contributed by atoms with Gasteiger partial charge in [0.2, 0.25) is 11.8 Å². The summed E-state index contributed by atoms with van der Waals surface area (Å²) >= 11 is 0. The van der Waals surface area contributed by atoms with Crippen LogP contribution < -0.4 is 5.73 Å². The summed E-state index contributed by atoms with van der Waals surface area (Å²) in [5.41, 5.74) is 5.42. The fraction of sp³-hybridized carbons (Fsp3) is 0.833. The Morgan fingerprint density at radius 3 is 2.19 bits per heavy atom. The van der Waals surface area contributed by atoms with E-state index in [9.17, 15) is 14.4 Å². The van der Waals surface area contributed by atoms with Gasteiger partial charge in [0.05, 0.1) is 25.2 Å². The van der Waals surface area contributed by atoms with E-state index >= 15 is 0 Å². The molecule has 0 spiro atoms. The van der Waals surface area contributed by atoms with Gasteiger partial charge in [-0.05, 0) is 19.8 Å². The second kappa shape index (κ2) is 8.88. The SMILES string of the molecule is CC(C(=O)N1CCCC(C(N)=O)C1)N1CCN(C(=O)N2CCOCC2)CC1. The topological polar surface area (TPSA) is 99.4 Å². The number of likely N-dealkylation sites (tertiary alicyclic amines) is 1. The number of piperazine rings is 1. The zero-order valence-electron chi connectivity index (χ0n) is 16.1. The van der Waals surface area contributed by atoms with Crippen LogP contribution in [0.4, 0.5) is 4.79 Å². The van der Waals surface area contributed by atoms with Gasteiger partial charge in [-0.3, -0.25) is 14.5 Å². The van der Waals surface area contributed by atoms with E-state index in [1.54, 1.807) is 4.90 Å². The van der Waals surface area contributed by atoms with Crippen molar-refractivity contribution in [2.45, 2.75) is 25.8 Å². The van der Waals surface area contributed by atoms with Gasteiger partial charge in [0, 0.05) is 52.4 Å². The maximum Gasteiger partial charge on any atom is 0.320 e. The smallest absolute Gasteiger partial charge is 0.320 e. The molecule has 0 aromatic carbocycles. The lowest BCUT2D eigenvalue weighted by Crippen LogP contribution is -2.59. The third-order valence-corrected chi connectivity index (χ3v) is 5.91. The number of nitrogens with two attached hydrogens (primary N) is 1. The van der Waals surface area contributed by atoms with Gasteiger partial charge in [-0.25, -0.2) is 4.79 Å². The van der Waals surface area contributed by atoms with E-state index in [-0.39, 0.29) is 29.8 Å². The van der Waals surface area contributed by atoms with Crippen LogP contribution in [0.15, 0.2) is 0 Å². The predicted octanol–water partition coefficient (Wildman–Crippen LogP) is -0.831. The molecule has 3 rings (SSSR count). The molecule has 0 bridgehead atoms. The van der Waals surface area contributed by atoms with Crippen LogP contribution >= 0.6 is 0 Å². The first-order valence-corrected chi connectivity index (χ1v) is 9.91. The van der Waals surface area contributed by atoms with Gasteiger partial charge in [-0.2, -0.15) is 0 Å². The zero-order valence-corrected chi connectivity index (χ0v) is 16.1. The molecule has 0 saturated carbocycles. The number of morpholine rings is 1. The maximum absolute atomic E-state index is 12.9. The number of rotatable bonds is 3. The van der Waals surface area contributed by atoms with Crippen molar-refractivity contribution >= 4 is 17.8 Å². The number of hydrogen-bond donors (Lipinski definition) is 1. The lowest BCUT2D eigenvalue weighted by molar-refractivity contribution is -0.140. The number of amides is 4. The molecular weight excluding hydrogens is 350 g/mol. The summed E-state index contributed by atoms with van der Waals surface area (Å²) in [6, 6.07) is -0.186. The highest BCUT2D eigenvalue weighted by Crippen LogP contribution is 2.19. The average Bonchev–Trinajstić information content (AvgIpc) is 2.73. The first kappa shape index (κ1) is 19.9. The number of carbonyl (C=O) groups is 3. The van der Waals surface area contributed by atoms with Gasteiger partial charge in [0.25, 0.3) is 0 Å². The maximum atomic E-state index is 12.9. The minimum absolute atomic E-state index is 0.0499. The lowest BCUT2D eigenvalue weighted by atomic mass is 9.97. The first-order valence-electron chi connectivity index (χ1n) is 9.91. The van der Waals surface area contributed by atoms with E-state index < -0.39 is 0 Å². The molecule has 3 heterocycles. The molecule has 3 saturated heterocycles. The number of piperidine rings is 1. The van der Waals surface area contributed by atoms with E-state index in [1.165, 1.54) is 0 Å². The van der Waals surface area contributed by atoms with Crippen molar-refractivity contribution in [2.24, 2.45) is 11.7 Å². The van der Waals surface area contributed by atoms with E-state index in [0.717, 1.165) is 12.8 Å². The van der Waals surface area contributed by atoms with E-state index in [1.807, 2.05) is 16.7 Å². The van der Waals surface area contributed by atoms with Crippen LogP contribution in [0.1, 0.15) is 19.8 Å². The lowest BCUT2D eigenvalue weighted by Gasteiger charge is -2.41. The number of ether oxygens (including phenoxy) is 1. The van der Waals surface area contributed by atoms with Gasteiger partial charge in [-0.1, -0.05) is 0 Å². The zero-order chi connectivity index (χ0) is 19.4. The largest absolute Gasteiger partial charge is 0.378 e. The molecule has 3 aliphatic heterocycles. The van der Waals surface area contributed by atoms with Gasteiger partial charge >= 0.3 is 6.03 Å². The molecular formula is C18H31N5O4. The molecule has 152 valence electrons. The summed E-state index contributed by atoms with van der Waals surface area (Å²) in [5.74, 6) is -0.512. The van der Waals surface area contributed by atoms with Crippen LogP contribution in [-0.4, -0.2) is 109 Å². The second-order valence-corrected chi connectivity index (χ2v) is 7.61. The molecule has 2 N–H and O–H groups in total. The normalized spacial score (nSPS) is 26.0. The molecule has 0 aromatic rings. The van der Waals surface area contributed by atoms with E-state index in [4.69, 9.17) is 10.5 Å². The molecule has 3 aliphatic rings. The van der Waals surface area contributed by atoms with Gasteiger partial charge in [-0.15, -0.1) is 0 Å². The van der Waals surface area contributed by atoms with Crippen LogP contribution in [0, 0.1) is 5.92 Å². The number of carbonyl (C=O) groups excluding carboxylic acids is 3. The van der Waals surface area contributed by atoms with Crippen LogP contribution in [0.3, 0.4) is 0 Å². The number of urea groups is 1. The highest BCUT2D eigenvalue weighted by Gasteiger charge is 2.34. The Morgan fingerprint density at radius 1 is 0.926 bits per heavy atom. The van der Waals surface area contributed by atoms with Crippen molar-refractivity contribution in [2.75, 3.05) is 65.6 Å². The predicted molar refractivity (Wildman–Crippen MR) is 98.9 cm³/mol. The molecule has 9 nitrogen and oxygen atoms in total. The monoisotopic (exact) mass is 381 g/mol. The third kappa shape index (κ3) is 4.70. The molecule has 0 radical (unpaired) electrons. The summed E-state index contributed by atoms with van der Waals surface area (Å²) in [6.07, 6.45) is 1.57. The summed E-state index contributed by atoms with van der Waals surface area (Å²) in [4.78, 5) is 44.5.